The standard InChI is InChI=1S/C12H19N.C11H17N.C10H16N2.C9H14N2/c1-8-7-11(12(4,5)6)13-10(3)9(8)2;1-8-6-10(11(3,4)5)9(2)12-7-8;1-7-6-11-9(10(3,4)5)12-8(7)2;1-7-5-11-8(6-10-7)9(2,3)4/h7H,1-6H3;6-7H,1-5H3;6H,1-5H3;5-6H,1-4H3. The minimum Gasteiger partial charge on any atom is -0.261 e. The summed E-state index contributed by atoms with van der Waals surface area (Å²) in [5.41, 5.74) is 13.5. The predicted molar refractivity (Wildman–Crippen MR) is 205 cm³/mol. The quantitative estimate of drug-likeness (QED) is 0.188. The zero-order valence-corrected chi connectivity index (χ0v) is 34.1. The van der Waals surface area contributed by atoms with E-state index in [1.54, 1.807) is 6.20 Å². The fourth-order valence-corrected chi connectivity index (χ4v) is 4.34. The lowest BCUT2D eigenvalue weighted by atomic mass is 9.85. The van der Waals surface area contributed by atoms with Gasteiger partial charge in [-0.15, -0.1) is 0 Å². The van der Waals surface area contributed by atoms with E-state index in [9.17, 15) is 0 Å². The number of pyridine rings is 2. The number of nitrogens with zero attached hydrogens (tertiary/aromatic N) is 6. The summed E-state index contributed by atoms with van der Waals surface area (Å²) in [6.45, 7) is 42.5. The van der Waals surface area contributed by atoms with Crippen LogP contribution in [0.2, 0.25) is 0 Å². The van der Waals surface area contributed by atoms with Crippen LogP contribution in [0.25, 0.3) is 0 Å². The summed E-state index contributed by atoms with van der Waals surface area (Å²) >= 11 is 0. The van der Waals surface area contributed by atoms with E-state index in [1.165, 1.54) is 27.9 Å². The predicted octanol–water partition coefficient (Wildman–Crippen LogP) is 10.8. The Morgan fingerprint density at radius 1 is 0.417 bits per heavy atom. The zero-order valence-electron chi connectivity index (χ0n) is 34.1. The van der Waals surface area contributed by atoms with Crippen LogP contribution in [0.4, 0.5) is 0 Å². The minimum atomic E-state index is 0.0540. The molecule has 0 aliphatic carbocycles. The maximum atomic E-state index is 4.60. The van der Waals surface area contributed by atoms with Crippen molar-refractivity contribution in [3.05, 3.63) is 105 Å². The second-order valence-corrected chi connectivity index (χ2v) is 17.2. The van der Waals surface area contributed by atoms with E-state index in [2.05, 4.69) is 160 Å². The average Bonchev–Trinajstić information content (AvgIpc) is 2.93. The summed E-state index contributed by atoms with van der Waals surface area (Å²) in [4.78, 5) is 26.2. The van der Waals surface area contributed by atoms with E-state index in [0.29, 0.717) is 0 Å². The molecule has 0 aliphatic rings. The average molecular weight is 655 g/mol. The van der Waals surface area contributed by atoms with Crippen molar-refractivity contribution in [3.8, 4) is 0 Å². The molecule has 0 bridgehead atoms. The van der Waals surface area contributed by atoms with Crippen LogP contribution >= 0.6 is 0 Å². The fraction of sp³-hybridized carbons (Fsp3) is 0.571. The van der Waals surface area contributed by atoms with Gasteiger partial charge in [0.1, 0.15) is 5.82 Å². The smallest absolute Gasteiger partial charge is 0.133 e. The van der Waals surface area contributed by atoms with Crippen LogP contribution in [0.5, 0.6) is 0 Å². The van der Waals surface area contributed by atoms with Crippen LogP contribution in [-0.2, 0) is 21.7 Å². The number of aryl methyl sites for hydroxylation is 7. The van der Waals surface area contributed by atoms with Gasteiger partial charge in [0, 0.05) is 63.8 Å². The largest absolute Gasteiger partial charge is 0.261 e. The SMILES string of the molecule is Cc1cc(C(C)(C)C)nc(C)c1C.Cc1cnc(C(C)(C)C)cn1.Cc1cnc(C(C)(C)C)nc1C.Cc1cnc(C)c(C(C)(C)C)c1. The Bertz CT molecular complexity index is 1580. The molecule has 0 unspecified atom stereocenters. The first-order valence-electron chi connectivity index (χ1n) is 17.1. The van der Waals surface area contributed by atoms with E-state index < -0.39 is 0 Å². The van der Waals surface area contributed by atoms with Crippen molar-refractivity contribution >= 4 is 0 Å². The van der Waals surface area contributed by atoms with Crippen LogP contribution in [0.3, 0.4) is 0 Å². The van der Waals surface area contributed by atoms with Crippen molar-refractivity contribution in [1.29, 1.82) is 0 Å². The molecule has 4 rings (SSSR count). The molecule has 0 aliphatic heterocycles. The molecule has 6 nitrogen and oxygen atoms in total. The van der Waals surface area contributed by atoms with Gasteiger partial charge in [0.2, 0.25) is 0 Å². The van der Waals surface area contributed by atoms with E-state index in [0.717, 1.165) is 39.9 Å². The van der Waals surface area contributed by atoms with Crippen LogP contribution in [0.15, 0.2) is 36.9 Å². The first-order valence-corrected chi connectivity index (χ1v) is 17.1. The highest BCUT2D eigenvalue weighted by atomic mass is 14.9. The Kier molecular flexibility index (Phi) is 14.8. The molecule has 0 radical (unpaired) electrons. The minimum absolute atomic E-state index is 0.0540. The Morgan fingerprint density at radius 3 is 1.38 bits per heavy atom. The molecule has 4 aromatic rings. The molecule has 0 N–H and O–H groups in total. The first kappa shape index (κ1) is 42.5. The third kappa shape index (κ3) is 13.9. The van der Waals surface area contributed by atoms with E-state index in [-0.39, 0.29) is 21.7 Å². The molecule has 48 heavy (non-hydrogen) atoms. The lowest BCUT2D eigenvalue weighted by Crippen LogP contribution is -2.16. The van der Waals surface area contributed by atoms with Gasteiger partial charge in [0.25, 0.3) is 0 Å². The molecule has 4 aromatic heterocycles. The lowest BCUT2D eigenvalue weighted by molar-refractivity contribution is 0.542. The van der Waals surface area contributed by atoms with Crippen molar-refractivity contribution in [3.63, 3.8) is 0 Å². The Morgan fingerprint density at radius 2 is 0.979 bits per heavy atom. The number of aromatic nitrogens is 6. The summed E-state index contributed by atoms with van der Waals surface area (Å²) in [5, 5.41) is 0. The van der Waals surface area contributed by atoms with Crippen molar-refractivity contribution < 1.29 is 0 Å². The van der Waals surface area contributed by atoms with Crippen LogP contribution in [0, 0.1) is 55.4 Å². The molecular formula is C42H66N6. The Balaban J connectivity index is 0.000000320. The molecule has 0 amide bonds. The molecule has 6 heteroatoms. The highest BCUT2D eigenvalue weighted by Crippen LogP contribution is 2.25. The van der Waals surface area contributed by atoms with Gasteiger partial charge in [-0.3, -0.25) is 19.9 Å². The zero-order chi connectivity index (χ0) is 37.4. The maximum absolute atomic E-state index is 4.60. The second-order valence-electron chi connectivity index (χ2n) is 17.2. The topological polar surface area (TPSA) is 77.3 Å². The lowest BCUT2D eigenvalue weighted by Gasteiger charge is -2.21. The molecule has 0 atom stereocenters. The second kappa shape index (κ2) is 16.7. The molecule has 4 heterocycles. The molecule has 0 fully saturated rings. The summed E-state index contributed by atoms with van der Waals surface area (Å²) in [6.07, 6.45) is 7.46. The third-order valence-corrected chi connectivity index (χ3v) is 8.02. The summed E-state index contributed by atoms with van der Waals surface area (Å²) in [5.74, 6) is 0.922. The van der Waals surface area contributed by atoms with Gasteiger partial charge in [-0.1, -0.05) is 89.2 Å². The van der Waals surface area contributed by atoms with Gasteiger partial charge >= 0.3 is 0 Å². The highest BCUT2D eigenvalue weighted by Gasteiger charge is 2.19. The molecule has 0 saturated heterocycles. The van der Waals surface area contributed by atoms with E-state index in [1.807, 2.05) is 39.4 Å². The van der Waals surface area contributed by atoms with Gasteiger partial charge < -0.3 is 0 Å². The van der Waals surface area contributed by atoms with Gasteiger partial charge in [-0.25, -0.2) is 9.97 Å². The first-order chi connectivity index (χ1) is 21.6. The van der Waals surface area contributed by atoms with Crippen LogP contribution < -0.4 is 0 Å². The molecule has 0 aromatic carbocycles. The van der Waals surface area contributed by atoms with Gasteiger partial charge in [-0.05, 0) is 94.7 Å². The van der Waals surface area contributed by atoms with Crippen molar-refractivity contribution in [2.75, 3.05) is 0 Å². The monoisotopic (exact) mass is 655 g/mol. The van der Waals surface area contributed by atoms with Crippen LogP contribution in [-0.4, -0.2) is 29.9 Å². The van der Waals surface area contributed by atoms with Crippen LogP contribution in [0.1, 0.15) is 151 Å². The van der Waals surface area contributed by atoms with E-state index in [4.69, 9.17) is 0 Å². The normalized spacial score (nSPS) is 11.8. The Labute approximate surface area is 294 Å². The Hall–Kier alpha value is -3.54. The number of hydrogen-bond donors (Lipinski definition) is 0. The molecule has 0 saturated carbocycles. The summed E-state index contributed by atoms with van der Waals surface area (Å²) < 4.78 is 0. The van der Waals surface area contributed by atoms with E-state index >= 15 is 0 Å². The fourth-order valence-electron chi connectivity index (χ4n) is 4.34. The maximum Gasteiger partial charge on any atom is 0.133 e. The third-order valence-electron chi connectivity index (χ3n) is 8.02. The molecule has 264 valence electrons. The summed E-state index contributed by atoms with van der Waals surface area (Å²) in [6, 6.07) is 4.42. The van der Waals surface area contributed by atoms with Crippen molar-refractivity contribution in [2.45, 2.75) is 160 Å². The van der Waals surface area contributed by atoms with Crippen molar-refractivity contribution in [2.24, 2.45) is 0 Å². The molecular weight excluding hydrogens is 589 g/mol. The molecule has 0 spiro atoms. The number of hydrogen-bond acceptors (Lipinski definition) is 6. The van der Waals surface area contributed by atoms with Gasteiger partial charge in [-0.2, -0.15) is 0 Å². The van der Waals surface area contributed by atoms with Crippen molar-refractivity contribution in [1.82, 2.24) is 29.9 Å². The van der Waals surface area contributed by atoms with Gasteiger partial charge in [0.05, 0.1) is 11.4 Å². The summed E-state index contributed by atoms with van der Waals surface area (Å²) in [7, 11) is 0. The van der Waals surface area contributed by atoms with Gasteiger partial charge in [0.15, 0.2) is 0 Å². The highest BCUT2D eigenvalue weighted by molar-refractivity contribution is 5.32. The number of rotatable bonds is 0.